The van der Waals surface area contributed by atoms with Crippen molar-refractivity contribution < 1.29 is 5.11 Å². The molecule has 2 N–H and O–H groups in total. The maximum Gasteiger partial charge on any atom is 0.115 e. The van der Waals surface area contributed by atoms with E-state index in [4.69, 9.17) is 0 Å². The topological polar surface area (TPSA) is 32.3 Å². The monoisotopic (exact) mass is 289 g/mol. The average molecular weight is 289 g/mol. The molecule has 2 heteroatoms. The fourth-order valence-corrected chi connectivity index (χ4v) is 3.32. The highest BCUT2D eigenvalue weighted by Crippen LogP contribution is 2.31. The predicted molar refractivity (Wildman–Crippen MR) is 89.7 cm³/mol. The number of hydrogen-bond donors (Lipinski definition) is 2. The van der Waals surface area contributed by atoms with E-state index in [9.17, 15) is 5.11 Å². The van der Waals surface area contributed by atoms with E-state index in [-0.39, 0.29) is 0 Å². The molecule has 0 heterocycles. The molecule has 0 bridgehead atoms. The quantitative estimate of drug-likeness (QED) is 0.662. The number of nitrogens with one attached hydrogen (secondary N) is 1. The highest BCUT2D eigenvalue weighted by atomic mass is 16.3. The SMILES string of the molecule is CC(C)CCCCCCNC1CCCc2cc(O)ccc21. The molecule has 1 aliphatic rings. The van der Waals surface area contributed by atoms with E-state index in [2.05, 4.69) is 25.2 Å². The first-order valence-electron chi connectivity index (χ1n) is 8.72. The summed E-state index contributed by atoms with van der Waals surface area (Å²) in [5.74, 6) is 1.25. The van der Waals surface area contributed by atoms with Crippen molar-refractivity contribution in [1.29, 1.82) is 0 Å². The molecule has 1 aliphatic carbocycles. The summed E-state index contributed by atoms with van der Waals surface area (Å²) in [5.41, 5.74) is 2.73. The maximum atomic E-state index is 9.59. The van der Waals surface area contributed by atoms with Gasteiger partial charge in [0.1, 0.15) is 5.75 Å². The lowest BCUT2D eigenvalue weighted by molar-refractivity contribution is 0.439. The van der Waals surface area contributed by atoms with Gasteiger partial charge in [-0.15, -0.1) is 0 Å². The van der Waals surface area contributed by atoms with Crippen molar-refractivity contribution in [2.45, 2.75) is 71.3 Å². The van der Waals surface area contributed by atoms with Crippen LogP contribution < -0.4 is 5.32 Å². The van der Waals surface area contributed by atoms with Crippen molar-refractivity contribution in [2.24, 2.45) is 5.92 Å². The first-order chi connectivity index (χ1) is 10.2. The molecule has 2 nitrogen and oxygen atoms in total. The van der Waals surface area contributed by atoms with Gasteiger partial charge in [-0.25, -0.2) is 0 Å². The third kappa shape index (κ3) is 5.35. The smallest absolute Gasteiger partial charge is 0.115 e. The van der Waals surface area contributed by atoms with Crippen LogP contribution in [0.15, 0.2) is 18.2 Å². The Kier molecular flexibility index (Phi) is 6.56. The summed E-state index contributed by atoms with van der Waals surface area (Å²) in [7, 11) is 0. The lowest BCUT2D eigenvalue weighted by atomic mass is 9.87. The zero-order valence-corrected chi connectivity index (χ0v) is 13.7. The van der Waals surface area contributed by atoms with Gasteiger partial charge in [0.15, 0.2) is 0 Å². The van der Waals surface area contributed by atoms with E-state index in [1.807, 2.05) is 12.1 Å². The number of fused-ring (bicyclic) bond motifs is 1. The van der Waals surface area contributed by atoms with Crippen LogP contribution in [0.4, 0.5) is 0 Å². The molecule has 21 heavy (non-hydrogen) atoms. The zero-order valence-electron chi connectivity index (χ0n) is 13.7. The van der Waals surface area contributed by atoms with Crippen LogP contribution in [0, 0.1) is 5.92 Å². The minimum absolute atomic E-state index is 0.402. The van der Waals surface area contributed by atoms with Gasteiger partial charge in [0.25, 0.3) is 0 Å². The van der Waals surface area contributed by atoms with Gasteiger partial charge >= 0.3 is 0 Å². The Labute approximate surface area is 130 Å². The first-order valence-corrected chi connectivity index (χ1v) is 8.72. The number of benzene rings is 1. The summed E-state index contributed by atoms with van der Waals surface area (Å²) in [6.07, 6.45) is 10.3. The van der Waals surface area contributed by atoms with E-state index in [0.717, 1.165) is 18.9 Å². The highest BCUT2D eigenvalue weighted by molar-refractivity contribution is 5.38. The van der Waals surface area contributed by atoms with Gasteiger partial charge in [0.05, 0.1) is 0 Å². The summed E-state index contributed by atoms with van der Waals surface area (Å²) in [6.45, 7) is 5.73. The number of aryl methyl sites for hydroxylation is 1. The predicted octanol–water partition coefficient (Wildman–Crippen LogP) is 4.97. The molecule has 1 aromatic rings. The lowest BCUT2D eigenvalue weighted by Crippen LogP contribution is -2.26. The van der Waals surface area contributed by atoms with Crippen molar-refractivity contribution in [3.8, 4) is 5.75 Å². The third-order valence-electron chi connectivity index (χ3n) is 4.54. The van der Waals surface area contributed by atoms with Crippen LogP contribution >= 0.6 is 0 Å². The standard InChI is InChI=1S/C19H31NO/c1-15(2)8-5-3-4-6-13-20-19-10-7-9-16-14-17(21)11-12-18(16)19/h11-12,14-15,19-21H,3-10,13H2,1-2H3. The second kappa shape index (κ2) is 8.43. The Morgan fingerprint density at radius 1 is 1.19 bits per heavy atom. The van der Waals surface area contributed by atoms with Gasteiger partial charge in [0, 0.05) is 6.04 Å². The van der Waals surface area contributed by atoms with Crippen molar-refractivity contribution in [3.05, 3.63) is 29.3 Å². The van der Waals surface area contributed by atoms with Crippen LogP contribution in [0.3, 0.4) is 0 Å². The van der Waals surface area contributed by atoms with Crippen LogP contribution in [0.25, 0.3) is 0 Å². The Morgan fingerprint density at radius 2 is 2.00 bits per heavy atom. The Bertz CT molecular complexity index is 428. The van der Waals surface area contributed by atoms with E-state index in [0.29, 0.717) is 11.8 Å². The van der Waals surface area contributed by atoms with Gasteiger partial charge in [-0.05, 0) is 61.4 Å². The van der Waals surface area contributed by atoms with Crippen LogP contribution in [-0.2, 0) is 6.42 Å². The second-order valence-electron chi connectivity index (χ2n) is 6.88. The number of phenols is 1. The summed E-state index contributed by atoms with van der Waals surface area (Å²) in [5, 5.41) is 13.3. The number of phenolic OH excluding ortho intramolecular Hbond substituents is 1. The van der Waals surface area contributed by atoms with Gasteiger partial charge < -0.3 is 10.4 Å². The van der Waals surface area contributed by atoms with Gasteiger partial charge in [0.2, 0.25) is 0 Å². The molecular formula is C19H31NO. The van der Waals surface area contributed by atoms with E-state index in [1.165, 1.54) is 56.1 Å². The molecule has 0 amide bonds. The largest absolute Gasteiger partial charge is 0.508 e. The van der Waals surface area contributed by atoms with Gasteiger partial charge in [-0.3, -0.25) is 0 Å². The molecule has 118 valence electrons. The van der Waals surface area contributed by atoms with E-state index in [1.54, 1.807) is 0 Å². The summed E-state index contributed by atoms with van der Waals surface area (Å²) in [4.78, 5) is 0. The Balaban J connectivity index is 1.68. The first kappa shape index (κ1) is 16.4. The number of unbranched alkanes of at least 4 members (excludes halogenated alkanes) is 3. The zero-order chi connectivity index (χ0) is 15.1. The van der Waals surface area contributed by atoms with Crippen LogP contribution in [-0.4, -0.2) is 11.7 Å². The van der Waals surface area contributed by atoms with Crippen LogP contribution in [0.5, 0.6) is 5.75 Å². The molecule has 1 atom stereocenters. The lowest BCUT2D eigenvalue weighted by Gasteiger charge is -2.26. The van der Waals surface area contributed by atoms with Crippen molar-refractivity contribution in [2.75, 3.05) is 6.54 Å². The van der Waals surface area contributed by atoms with E-state index < -0.39 is 0 Å². The minimum atomic E-state index is 0.402. The maximum absolute atomic E-state index is 9.59. The van der Waals surface area contributed by atoms with Crippen LogP contribution in [0.1, 0.15) is 76.0 Å². The summed E-state index contributed by atoms with van der Waals surface area (Å²) in [6, 6.07) is 6.36. The summed E-state index contributed by atoms with van der Waals surface area (Å²) >= 11 is 0. The Hall–Kier alpha value is -1.02. The number of aromatic hydroxyl groups is 1. The molecule has 2 rings (SSSR count). The van der Waals surface area contributed by atoms with E-state index >= 15 is 0 Å². The molecule has 0 saturated carbocycles. The third-order valence-corrected chi connectivity index (χ3v) is 4.54. The molecule has 0 radical (unpaired) electrons. The van der Waals surface area contributed by atoms with Gasteiger partial charge in [-0.1, -0.05) is 45.6 Å². The average Bonchev–Trinajstić information content (AvgIpc) is 2.45. The highest BCUT2D eigenvalue weighted by Gasteiger charge is 2.19. The molecule has 0 spiro atoms. The summed E-state index contributed by atoms with van der Waals surface area (Å²) < 4.78 is 0. The fraction of sp³-hybridized carbons (Fsp3) is 0.684. The normalized spacial score (nSPS) is 18.0. The second-order valence-corrected chi connectivity index (χ2v) is 6.88. The molecule has 1 unspecified atom stereocenters. The Morgan fingerprint density at radius 3 is 2.81 bits per heavy atom. The molecular weight excluding hydrogens is 258 g/mol. The van der Waals surface area contributed by atoms with Crippen molar-refractivity contribution >= 4 is 0 Å². The fourth-order valence-electron chi connectivity index (χ4n) is 3.32. The van der Waals surface area contributed by atoms with Crippen LogP contribution in [0.2, 0.25) is 0 Å². The van der Waals surface area contributed by atoms with Crippen molar-refractivity contribution in [1.82, 2.24) is 5.32 Å². The molecule has 0 aromatic heterocycles. The molecule has 0 saturated heterocycles. The molecule has 0 aliphatic heterocycles. The van der Waals surface area contributed by atoms with Crippen molar-refractivity contribution in [3.63, 3.8) is 0 Å². The number of hydrogen-bond acceptors (Lipinski definition) is 2. The van der Waals surface area contributed by atoms with Gasteiger partial charge in [-0.2, -0.15) is 0 Å². The molecule has 1 aromatic carbocycles. The minimum Gasteiger partial charge on any atom is -0.508 e. The number of rotatable bonds is 8. The molecule has 0 fully saturated rings.